The van der Waals surface area contributed by atoms with E-state index in [1.807, 2.05) is 30.3 Å². The molecule has 0 heterocycles. The molecule has 0 saturated heterocycles. The lowest BCUT2D eigenvalue weighted by molar-refractivity contribution is -0.147. The molecule has 0 bridgehead atoms. The molecule has 2 atom stereocenters. The van der Waals surface area contributed by atoms with E-state index in [0.29, 0.717) is 24.0 Å². The molecule has 2 unspecified atom stereocenters. The van der Waals surface area contributed by atoms with Gasteiger partial charge in [0.25, 0.3) is 0 Å². The Morgan fingerprint density at radius 1 is 1.07 bits per heavy atom. The van der Waals surface area contributed by atoms with Gasteiger partial charge in [0.2, 0.25) is 17.7 Å². The minimum atomic E-state index is -1.13. The first kappa shape index (κ1) is 30.2. The number of carbonyl (C=O) groups excluding carboxylic acids is 4. The third-order valence-corrected chi connectivity index (χ3v) is 6.62. The highest BCUT2D eigenvalue weighted by molar-refractivity contribution is 5.92. The van der Waals surface area contributed by atoms with Gasteiger partial charge in [0, 0.05) is 24.6 Å². The first-order chi connectivity index (χ1) is 19.0. The van der Waals surface area contributed by atoms with Crippen LogP contribution < -0.4 is 16.4 Å². The molecule has 9 nitrogen and oxygen atoms in total. The third-order valence-electron chi connectivity index (χ3n) is 6.62. The first-order valence-corrected chi connectivity index (χ1v) is 13.5. The maximum Gasteiger partial charge on any atom is 0.408 e. The summed E-state index contributed by atoms with van der Waals surface area (Å²) in [5.41, 5.74) is 6.71. The van der Waals surface area contributed by atoms with Gasteiger partial charge < -0.3 is 26.0 Å². The van der Waals surface area contributed by atoms with Crippen molar-refractivity contribution in [3.63, 3.8) is 0 Å². The van der Waals surface area contributed by atoms with Crippen molar-refractivity contribution in [3.05, 3.63) is 71.3 Å². The Morgan fingerprint density at radius 2 is 1.73 bits per heavy atom. The molecular weight excluding hydrogens is 508 g/mol. The Hall–Kier alpha value is -4.32. The molecular formula is C31H38N4O5. The zero-order chi connectivity index (χ0) is 29.3. The molecule has 2 aromatic rings. The van der Waals surface area contributed by atoms with Gasteiger partial charge >= 0.3 is 6.09 Å². The van der Waals surface area contributed by atoms with Gasteiger partial charge in [0.15, 0.2) is 0 Å². The van der Waals surface area contributed by atoms with Crippen LogP contribution in [0.4, 0.5) is 4.79 Å². The Morgan fingerprint density at radius 3 is 2.25 bits per heavy atom. The second kappa shape index (κ2) is 13.7. The number of nitrogens with zero attached hydrogens (tertiary/aromatic N) is 1. The van der Waals surface area contributed by atoms with Crippen LogP contribution in [-0.2, 0) is 25.7 Å². The summed E-state index contributed by atoms with van der Waals surface area (Å²) in [6.45, 7) is 5.40. The normalized spacial score (nSPS) is 14.6. The Labute approximate surface area is 235 Å². The Bertz CT molecular complexity index is 1230. The van der Waals surface area contributed by atoms with E-state index in [0.717, 1.165) is 12.0 Å². The average Bonchev–Trinajstić information content (AvgIpc) is 2.87. The minimum Gasteiger partial charge on any atom is -0.444 e. The summed E-state index contributed by atoms with van der Waals surface area (Å²) in [5, 5.41) is 5.58. The third kappa shape index (κ3) is 8.60. The molecule has 0 spiro atoms. The number of alkyl carbamates (subject to hydrolysis) is 1. The van der Waals surface area contributed by atoms with Crippen LogP contribution >= 0.6 is 0 Å². The smallest absolute Gasteiger partial charge is 0.408 e. The fourth-order valence-electron chi connectivity index (χ4n) is 4.44. The average molecular weight is 547 g/mol. The predicted octanol–water partition coefficient (Wildman–Crippen LogP) is 3.57. The number of primary amides is 1. The van der Waals surface area contributed by atoms with E-state index in [1.54, 1.807) is 45.0 Å². The highest BCUT2D eigenvalue weighted by atomic mass is 16.6. The lowest BCUT2D eigenvalue weighted by Gasteiger charge is -2.43. The van der Waals surface area contributed by atoms with Crippen LogP contribution in [0.3, 0.4) is 0 Å². The van der Waals surface area contributed by atoms with Gasteiger partial charge in [-0.15, -0.1) is 6.42 Å². The molecule has 1 saturated carbocycles. The minimum absolute atomic E-state index is 0.0367. The van der Waals surface area contributed by atoms with Crippen molar-refractivity contribution in [2.24, 2.45) is 5.73 Å². The number of carbonyl (C=O) groups is 4. The standard InChI is InChI=1S/C31H38N4O5/c1-5-21-14-16-23(17-15-21)27(28(37)33-20-22-10-7-6-8-11-22)35(24-12-9-13-24)29(38)25(18-19-26(32)36)34-30(39)40-31(2,3)4/h1,6-8,10-11,14-17,24-25,27H,9,12-13,18-20H2,2-4H3,(H2,32,36)(H,33,37)(H,34,39). The summed E-state index contributed by atoms with van der Waals surface area (Å²) in [6, 6.07) is 14.0. The molecule has 1 fully saturated rings. The predicted molar refractivity (Wildman–Crippen MR) is 151 cm³/mol. The summed E-state index contributed by atoms with van der Waals surface area (Å²) < 4.78 is 5.38. The maximum atomic E-state index is 14.2. The van der Waals surface area contributed by atoms with Crippen molar-refractivity contribution in [2.75, 3.05) is 0 Å². The van der Waals surface area contributed by atoms with Gasteiger partial charge in [-0.2, -0.15) is 0 Å². The zero-order valence-corrected chi connectivity index (χ0v) is 23.3. The molecule has 0 aliphatic heterocycles. The number of nitrogens with two attached hydrogens (primary N) is 1. The van der Waals surface area contributed by atoms with Gasteiger partial charge in [-0.3, -0.25) is 14.4 Å². The number of hydrogen-bond acceptors (Lipinski definition) is 5. The van der Waals surface area contributed by atoms with Gasteiger partial charge in [-0.1, -0.05) is 48.4 Å². The van der Waals surface area contributed by atoms with Crippen molar-refractivity contribution in [2.45, 2.75) is 83.1 Å². The van der Waals surface area contributed by atoms with E-state index in [-0.39, 0.29) is 31.3 Å². The van der Waals surface area contributed by atoms with E-state index in [1.165, 1.54) is 4.90 Å². The lowest BCUT2D eigenvalue weighted by atomic mass is 9.87. The molecule has 3 rings (SSSR count). The van der Waals surface area contributed by atoms with E-state index >= 15 is 0 Å². The van der Waals surface area contributed by atoms with Gasteiger partial charge in [-0.05, 0) is 69.7 Å². The SMILES string of the molecule is C#Cc1ccc(C(C(=O)NCc2ccccc2)N(C(=O)C(CCC(N)=O)NC(=O)OC(C)(C)C)C2CCC2)cc1. The molecule has 40 heavy (non-hydrogen) atoms. The van der Waals surface area contributed by atoms with Crippen molar-refractivity contribution < 1.29 is 23.9 Å². The first-order valence-electron chi connectivity index (χ1n) is 13.5. The summed E-state index contributed by atoms with van der Waals surface area (Å²) in [4.78, 5) is 53.9. The zero-order valence-electron chi connectivity index (χ0n) is 23.3. The van der Waals surface area contributed by atoms with Crippen molar-refractivity contribution in [3.8, 4) is 12.3 Å². The van der Waals surface area contributed by atoms with Crippen LogP contribution in [-0.4, -0.2) is 46.4 Å². The van der Waals surface area contributed by atoms with E-state index < -0.39 is 35.6 Å². The van der Waals surface area contributed by atoms with E-state index in [4.69, 9.17) is 16.9 Å². The number of nitrogens with one attached hydrogen (secondary N) is 2. The number of rotatable bonds is 11. The van der Waals surface area contributed by atoms with Crippen molar-refractivity contribution in [1.29, 1.82) is 0 Å². The van der Waals surface area contributed by atoms with Crippen LogP contribution in [0.15, 0.2) is 54.6 Å². The van der Waals surface area contributed by atoms with Gasteiger partial charge in [0.1, 0.15) is 17.7 Å². The lowest BCUT2D eigenvalue weighted by Crippen LogP contribution is -2.57. The Kier molecular flexibility index (Phi) is 10.3. The molecule has 0 aromatic heterocycles. The molecule has 1 aliphatic carbocycles. The maximum absolute atomic E-state index is 14.2. The monoisotopic (exact) mass is 546 g/mol. The number of benzene rings is 2. The molecule has 1 aliphatic rings. The van der Waals surface area contributed by atoms with Crippen molar-refractivity contribution >= 4 is 23.8 Å². The summed E-state index contributed by atoms with van der Waals surface area (Å²) >= 11 is 0. The van der Waals surface area contributed by atoms with Crippen molar-refractivity contribution in [1.82, 2.24) is 15.5 Å². The van der Waals surface area contributed by atoms with Gasteiger partial charge in [-0.25, -0.2) is 4.79 Å². The number of terminal acetylenes is 1. The van der Waals surface area contributed by atoms with Crippen LogP contribution in [0, 0.1) is 12.3 Å². The van der Waals surface area contributed by atoms with Crippen LogP contribution in [0.2, 0.25) is 0 Å². The van der Waals surface area contributed by atoms with Crippen LogP contribution in [0.5, 0.6) is 0 Å². The van der Waals surface area contributed by atoms with Crippen LogP contribution in [0.1, 0.15) is 75.6 Å². The summed E-state index contributed by atoms with van der Waals surface area (Å²) in [7, 11) is 0. The van der Waals surface area contributed by atoms with Gasteiger partial charge in [0.05, 0.1) is 0 Å². The summed E-state index contributed by atoms with van der Waals surface area (Å²) in [6.07, 6.45) is 6.87. The molecule has 4 amide bonds. The second-order valence-electron chi connectivity index (χ2n) is 10.9. The number of amides is 4. The molecule has 4 N–H and O–H groups in total. The highest BCUT2D eigenvalue weighted by Gasteiger charge is 2.42. The number of ether oxygens (including phenoxy) is 1. The fourth-order valence-corrected chi connectivity index (χ4v) is 4.44. The van der Waals surface area contributed by atoms with E-state index in [9.17, 15) is 19.2 Å². The topological polar surface area (TPSA) is 131 Å². The molecule has 0 radical (unpaired) electrons. The number of hydrogen-bond donors (Lipinski definition) is 3. The van der Waals surface area contributed by atoms with E-state index in [2.05, 4.69) is 16.6 Å². The highest BCUT2D eigenvalue weighted by Crippen LogP contribution is 2.34. The molecule has 212 valence electrons. The largest absolute Gasteiger partial charge is 0.444 e. The molecule has 2 aromatic carbocycles. The quantitative estimate of drug-likeness (QED) is 0.371. The van der Waals surface area contributed by atoms with Crippen LogP contribution in [0.25, 0.3) is 0 Å². The molecule has 9 heteroatoms. The fraction of sp³-hybridized carbons (Fsp3) is 0.419. The Balaban J connectivity index is 1.98. The second-order valence-corrected chi connectivity index (χ2v) is 10.9. The summed E-state index contributed by atoms with van der Waals surface area (Å²) in [5.74, 6) is 1.10.